The summed E-state index contributed by atoms with van der Waals surface area (Å²) >= 11 is 0. The molecular weight excluding hydrogens is 350 g/mol. The number of anilines is 1. The fraction of sp³-hybridized carbons (Fsp3) is 0.526. The molecule has 1 aliphatic rings. The zero-order valence-electron chi connectivity index (χ0n) is 16.4. The fourth-order valence-electron chi connectivity index (χ4n) is 2.82. The van der Waals surface area contributed by atoms with Gasteiger partial charge in [0.05, 0.1) is 17.7 Å². The van der Waals surface area contributed by atoms with E-state index in [4.69, 9.17) is 9.47 Å². The molecule has 0 saturated carbocycles. The summed E-state index contributed by atoms with van der Waals surface area (Å²) in [6, 6.07) is 4.21. The number of carbonyl (C=O) groups excluding carboxylic acids is 3. The van der Waals surface area contributed by atoms with Gasteiger partial charge in [0.25, 0.3) is 11.8 Å². The molecule has 0 unspecified atom stereocenters. The number of hydrogen-bond acceptors (Lipinski definition) is 5. The van der Waals surface area contributed by atoms with Gasteiger partial charge in [0.2, 0.25) is 0 Å². The van der Waals surface area contributed by atoms with E-state index in [1.165, 1.54) is 11.0 Å². The highest BCUT2D eigenvalue weighted by Gasteiger charge is 2.41. The van der Waals surface area contributed by atoms with E-state index in [1.807, 2.05) is 13.8 Å². The van der Waals surface area contributed by atoms with Crippen LogP contribution in [0.15, 0.2) is 18.2 Å². The van der Waals surface area contributed by atoms with Gasteiger partial charge in [0, 0.05) is 24.4 Å². The number of fused-ring (bicyclic) bond motifs is 1. The predicted molar refractivity (Wildman–Crippen MR) is 101 cm³/mol. The first kappa shape index (κ1) is 20.9. The standard InChI is InChI=1S/C19H27N3O5/c1-6-26-15(27-7-2)11-20-18(25)21-12-8-9-13-14(10-12)17(24)22(16(13)23)19(3,4)5/h8-10,15H,6-7,11H2,1-5H3,(H2,20,21,25). The maximum Gasteiger partial charge on any atom is 0.319 e. The Morgan fingerprint density at radius 2 is 1.67 bits per heavy atom. The van der Waals surface area contributed by atoms with Crippen molar-refractivity contribution in [2.24, 2.45) is 0 Å². The number of amides is 4. The third kappa shape index (κ3) is 4.84. The monoisotopic (exact) mass is 377 g/mol. The lowest BCUT2D eigenvalue weighted by Crippen LogP contribution is -2.45. The molecule has 4 amide bonds. The smallest absolute Gasteiger partial charge is 0.319 e. The first-order chi connectivity index (χ1) is 12.7. The second-order valence-electron chi connectivity index (χ2n) is 7.05. The highest BCUT2D eigenvalue weighted by atomic mass is 16.7. The molecule has 8 nitrogen and oxygen atoms in total. The van der Waals surface area contributed by atoms with Crippen molar-refractivity contribution in [2.75, 3.05) is 25.1 Å². The van der Waals surface area contributed by atoms with E-state index in [-0.39, 0.29) is 23.9 Å². The maximum absolute atomic E-state index is 12.6. The lowest BCUT2D eigenvalue weighted by Gasteiger charge is -2.29. The first-order valence-corrected chi connectivity index (χ1v) is 9.00. The average molecular weight is 377 g/mol. The van der Waals surface area contributed by atoms with Gasteiger partial charge >= 0.3 is 6.03 Å². The number of nitrogens with zero attached hydrogens (tertiary/aromatic N) is 1. The largest absolute Gasteiger partial charge is 0.351 e. The van der Waals surface area contributed by atoms with Gasteiger partial charge in [-0.25, -0.2) is 4.79 Å². The SMILES string of the molecule is CCOC(CNC(=O)Nc1ccc2c(c1)C(=O)N(C(C)(C)C)C2=O)OCC. The van der Waals surface area contributed by atoms with Gasteiger partial charge in [-0.2, -0.15) is 0 Å². The van der Waals surface area contributed by atoms with E-state index in [0.29, 0.717) is 24.5 Å². The van der Waals surface area contributed by atoms with Crippen LogP contribution in [0.2, 0.25) is 0 Å². The molecule has 148 valence electrons. The van der Waals surface area contributed by atoms with Gasteiger partial charge in [0.15, 0.2) is 6.29 Å². The third-order valence-corrected chi connectivity index (χ3v) is 3.95. The van der Waals surface area contributed by atoms with Crippen molar-refractivity contribution in [1.82, 2.24) is 10.2 Å². The summed E-state index contributed by atoms with van der Waals surface area (Å²) < 4.78 is 10.7. The number of benzene rings is 1. The van der Waals surface area contributed by atoms with Crippen LogP contribution in [0, 0.1) is 0 Å². The Bertz CT molecular complexity index is 721. The summed E-state index contributed by atoms with van der Waals surface area (Å²) in [7, 11) is 0. The Morgan fingerprint density at radius 1 is 1.07 bits per heavy atom. The third-order valence-electron chi connectivity index (χ3n) is 3.95. The Morgan fingerprint density at radius 3 is 2.22 bits per heavy atom. The normalized spacial score (nSPS) is 13.9. The number of urea groups is 1. The molecule has 0 saturated heterocycles. The summed E-state index contributed by atoms with van der Waals surface area (Å²) in [6.07, 6.45) is -0.523. The van der Waals surface area contributed by atoms with Crippen LogP contribution >= 0.6 is 0 Å². The Labute approximate surface area is 159 Å². The van der Waals surface area contributed by atoms with Crippen LogP contribution in [0.5, 0.6) is 0 Å². The molecule has 0 spiro atoms. The minimum absolute atomic E-state index is 0.188. The second-order valence-corrected chi connectivity index (χ2v) is 7.05. The predicted octanol–water partition coefficient (Wildman–Crippen LogP) is 2.60. The Balaban J connectivity index is 2.04. The van der Waals surface area contributed by atoms with Crippen molar-refractivity contribution < 1.29 is 23.9 Å². The molecule has 0 aliphatic carbocycles. The number of rotatable bonds is 7. The molecular formula is C19H27N3O5. The van der Waals surface area contributed by atoms with Crippen molar-refractivity contribution >= 4 is 23.5 Å². The van der Waals surface area contributed by atoms with Gasteiger partial charge in [0.1, 0.15) is 0 Å². The van der Waals surface area contributed by atoms with Gasteiger partial charge < -0.3 is 20.1 Å². The highest BCUT2D eigenvalue weighted by molar-refractivity contribution is 6.22. The molecule has 8 heteroatoms. The van der Waals surface area contributed by atoms with E-state index in [1.54, 1.807) is 32.9 Å². The zero-order valence-corrected chi connectivity index (χ0v) is 16.4. The first-order valence-electron chi connectivity index (χ1n) is 9.00. The Hall–Kier alpha value is -2.45. The van der Waals surface area contributed by atoms with Crippen LogP contribution in [0.1, 0.15) is 55.3 Å². The van der Waals surface area contributed by atoms with Crippen LogP contribution in [0.4, 0.5) is 10.5 Å². The van der Waals surface area contributed by atoms with Crippen LogP contribution in [-0.4, -0.2) is 54.3 Å². The molecule has 1 heterocycles. The van der Waals surface area contributed by atoms with Gasteiger partial charge in [-0.1, -0.05) is 0 Å². The molecule has 2 N–H and O–H groups in total. The average Bonchev–Trinajstić information content (AvgIpc) is 2.83. The van der Waals surface area contributed by atoms with Crippen molar-refractivity contribution in [1.29, 1.82) is 0 Å². The van der Waals surface area contributed by atoms with Gasteiger partial charge in [-0.3, -0.25) is 14.5 Å². The van der Waals surface area contributed by atoms with Crippen LogP contribution in [0.25, 0.3) is 0 Å². The van der Waals surface area contributed by atoms with E-state index >= 15 is 0 Å². The topological polar surface area (TPSA) is 97.0 Å². The van der Waals surface area contributed by atoms with Crippen molar-refractivity contribution in [3.63, 3.8) is 0 Å². The van der Waals surface area contributed by atoms with E-state index in [0.717, 1.165) is 0 Å². The molecule has 27 heavy (non-hydrogen) atoms. The Kier molecular flexibility index (Phi) is 6.56. The molecule has 1 aromatic rings. The molecule has 0 fully saturated rings. The van der Waals surface area contributed by atoms with Crippen LogP contribution < -0.4 is 10.6 Å². The zero-order chi connectivity index (χ0) is 20.2. The van der Waals surface area contributed by atoms with Gasteiger partial charge in [-0.05, 0) is 52.8 Å². The van der Waals surface area contributed by atoms with Crippen LogP contribution in [-0.2, 0) is 9.47 Å². The number of imide groups is 1. The summed E-state index contributed by atoms with van der Waals surface area (Å²) in [5.41, 5.74) is 0.432. The quantitative estimate of drug-likeness (QED) is 0.562. The molecule has 0 atom stereocenters. The molecule has 0 bridgehead atoms. The highest BCUT2D eigenvalue weighted by Crippen LogP contribution is 2.30. The minimum Gasteiger partial charge on any atom is -0.351 e. The number of ether oxygens (including phenoxy) is 2. The van der Waals surface area contributed by atoms with E-state index in [2.05, 4.69) is 10.6 Å². The molecule has 0 aromatic heterocycles. The number of nitrogens with one attached hydrogen (secondary N) is 2. The van der Waals surface area contributed by atoms with Crippen molar-refractivity contribution in [3.05, 3.63) is 29.3 Å². The maximum atomic E-state index is 12.6. The van der Waals surface area contributed by atoms with Crippen molar-refractivity contribution in [3.8, 4) is 0 Å². The number of hydrogen-bond donors (Lipinski definition) is 2. The summed E-state index contributed by atoms with van der Waals surface area (Å²) in [6.45, 7) is 10.2. The summed E-state index contributed by atoms with van der Waals surface area (Å²) in [5, 5.41) is 5.32. The minimum atomic E-state index is -0.619. The number of carbonyl (C=O) groups is 3. The van der Waals surface area contributed by atoms with E-state index in [9.17, 15) is 14.4 Å². The fourth-order valence-corrected chi connectivity index (χ4v) is 2.82. The molecule has 0 radical (unpaired) electrons. The van der Waals surface area contributed by atoms with Gasteiger partial charge in [-0.15, -0.1) is 0 Å². The molecule has 1 aliphatic heterocycles. The summed E-state index contributed by atoms with van der Waals surface area (Å²) in [4.78, 5) is 38.4. The van der Waals surface area contributed by atoms with Crippen molar-refractivity contribution in [2.45, 2.75) is 46.4 Å². The lowest BCUT2D eigenvalue weighted by molar-refractivity contribution is -0.131. The molecule has 1 aromatic carbocycles. The van der Waals surface area contributed by atoms with Crippen LogP contribution in [0.3, 0.4) is 0 Å². The second kappa shape index (κ2) is 8.49. The lowest BCUT2D eigenvalue weighted by atomic mass is 10.1. The summed E-state index contributed by atoms with van der Waals surface area (Å²) in [5.74, 6) is -0.686. The van der Waals surface area contributed by atoms with E-state index < -0.39 is 17.9 Å². The molecule has 2 rings (SSSR count).